The first-order chi connectivity index (χ1) is 17.2. The van der Waals surface area contributed by atoms with Crippen LogP contribution in [0.4, 0.5) is 17.1 Å². The molecule has 0 fully saturated rings. The van der Waals surface area contributed by atoms with Gasteiger partial charge < -0.3 is 4.90 Å². The van der Waals surface area contributed by atoms with Gasteiger partial charge in [-0.25, -0.2) is 0 Å². The molecule has 0 unspecified atom stereocenters. The maximum atomic E-state index is 13.1. The highest BCUT2D eigenvalue weighted by molar-refractivity contribution is 6.61. The van der Waals surface area contributed by atoms with Crippen molar-refractivity contribution in [3.8, 4) is 0 Å². The second-order valence-electron chi connectivity index (χ2n) is 8.56. The standard InChI is InChI=1S/C32H21NO2/c34-31-29(21-25-19-23-9-7-8-10-24(23)20-30(25)32(31)35)22-15-17-28(18-16-22)33(26-11-3-1-4-12-26)27-13-5-2-6-14-27/h1-21H. The number of rotatable bonds is 4. The number of para-hydroxylation sites is 2. The third-order valence-electron chi connectivity index (χ3n) is 6.38. The number of hydrogen-bond donors (Lipinski definition) is 0. The molecule has 0 amide bonds. The fourth-order valence-electron chi connectivity index (χ4n) is 4.65. The highest BCUT2D eigenvalue weighted by Gasteiger charge is 2.29. The highest BCUT2D eigenvalue weighted by atomic mass is 16.2. The molecule has 0 bridgehead atoms. The number of fused-ring (bicyclic) bond motifs is 2. The summed E-state index contributed by atoms with van der Waals surface area (Å²) in [5.74, 6) is -0.925. The molecule has 1 aliphatic rings. The van der Waals surface area contributed by atoms with E-state index in [9.17, 15) is 9.59 Å². The third kappa shape index (κ3) is 3.73. The molecular weight excluding hydrogens is 430 g/mol. The molecule has 166 valence electrons. The molecule has 0 atom stereocenters. The van der Waals surface area contributed by atoms with Gasteiger partial charge >= 0.3 is 0 Å². The average Bonchev–Trinajstić information content (AvgIpc) is 2.92. The zero-order chi connectivity index (χ0) is 23.8. The molecule has 1 aliphatic carbocycles. The molecule has 0 N–H and O–H groups in total. The van der Waals surface area contributed by atoms with Gasteiger partial charge in [0.25, 0.3) is 0 Å². The van der Waals surface area contributed by atoms with Crippen LogP contribution in [0.5, 0.6) is 0 Å². The number of carbonyl (C=O) groups is 2. The highest BCUT2D eigenvalue weighted by Crippen LogP contribution is 2.36. The number of hydrogen-bond acceptors (Lipinski definition) is 3. The van der Waals surface area contributed by atoms with E-state index < -0.39 is 11.6 Å². The molecule has 5 aromatic rings. The summed E-state index contributed by atoms with van der Waals surface area (Å²) in [4.78, 5) is 28.2. The SMILES string of the molecule is O=C1C(=O)c2cc3ccccc3cc2C=C1c1ccc(N(c2ccccc2)c2ccccc2)cc1. The molecule has 0 aromatic heterocycles. The van der Waals surface area contributed by atoms with Crippen LogP contribution in [0.15, 0.2) is 121 Å². The maximum Gasteiger partial charge on any atom is 0.234 e. The molecule has 6 rings (SSSR count). The van der Waals surface area contributed by atoms with Crippen molar-refractivity contribution in [2.45, 2.75) is 0 Å². The van der Waals surface area contributed by atoms with E-state index in [-0.39, 0.29) is 0 Å². The van der Waals surface area contributed by atoms with Gasteiger partial charge in [0.15, 0.2) is 0 Å². The number of benzene rings is 5. The van der Waals surface area contributed by atoms with Crippen molar-refractivity contribution >= 4 is 51.1 Å². The second-order valence-corrected chi connectivity index (χ2v) is 8.56. The van der Waals surface area contributed by atoms with Crippen molar-refractivity contribution in [3.05, 3.63) is 138 Å². The number of carbonyl (C=O) groups excluding carboxylic acids is 2. The lowest BCUT2D eigenvalue weighted by atomic mass is 9.85. The summed E-state index contributed by atoms with van der Waals surface area (Å²) in [6.07, 6.45) is 1.84. The number of allylic oxidation sites excluding steroid dienone is 1. The van der Waals surface area contributed by atoms with E-state index in [2.05, 4.69) is 29.2 Å². The van der Waals surface area contributed by atoms with E-state index in [4.69, 9.17) is 0 Å². The molecular formula is C32H21NO2. The first-order valence-corrected chi connectivity index (χ1v) is 11.5. The van der Waals surface area contributed by atoms with Gasteiger partial charge in [-0.05, 0) is 76.5 Å². The molecule has 5 aromatic carbocycles. The lowest BCUT2D eigenvalue weighted by Gasteiger charge is -2.25. The molecule has 0 saturated carbocycles. The predicted octanol–water partition coefficient (Wildman–Crippen LogP) is 7.62. The number of Topliss-reactive ketones (excluding diaryl/α,β-unsaturated/α-hetero) is 2. The molecule has 0 aliphatic heterocycles. The van der Waals surface area contributed by atoms with Crippen LogP contribution >= 0.6 is 0 Å². The van der Waals surface area contributed by atoms with Gasteiger partial charge in [0.05, 0.1) is 0 Å². The molecule has 3 heteroatoms. The molecule has 3 nitrogen and oxygen atoms in total. The second kappa shape index (κ2) is 8.54. The Morgan fingerprint density at radius 3 is 1.60 bits per heavy atom. The lowest BCUT2D eigenvalue weighted by Crippen LogP contribution is -2.20. The zero-order valence-corrected chi connectivity index (χ0v) is 18.9. The van der Waals surface area contributed by atoms with Gasteiger partial charge in [0.1, 0.15) is 0 Å². The van der Waals surface area contributed by atoms with Crippen molar-refractivity contribution < 1.29 is 9.59 Å². The Bertz CT molecular complexity index is 1560. The number of ketones is 2. The van der Waals surface area contributed by atoms with Crippen LogP contribution in [0.1, 0.15) is 21.5 Å². The third-order valence-corrected chi connectivity index (χ3v) is 6.38. The Kier molecular flexibility index (Phi) is 5.08. The van der Waals surface area contributed by atoms with Crippen molar-refractivity contribution in [2.24, 2.45) is 0 Å². The molecule has 0 spiro atoms. The van der Waals surface area contributed by atoms with E-state index in [0.717, 1.165) is 39.0 Å². The van der Waals surface area contributed by atoms with Crippen LogP contribution in [-0.2, 0) is 4.79 Å². The van der Waals surface area contributed by atoms with E-state index in [1.165, 1.54) is 0 Å². The van der Waals surface area contributed by atoms with E-state index in [0.29, 0.717) is 11.1 Å². The van der Waals surface area contributed by atoms with Gasteiger partial charge in [0.2, 0.25) is 11.6 Å². The Morgan fingerprint density at radius 1 is 0.486 bits per heavy atom. The Balaban J connectivity index is 1.42. The quantitative estimate of drug-likeness (QED) is 0.264. The van der Waals surface area contributed by atoms with Crippen LogP contribution in [-0.4, -0.2) is 11.6 Å². The largest absolute Gasteiger partial charge is 0.311 e. The molecule has 0 saturated heterocycles. The summed E-state index contributed by atoms with van der Waals surface area (Å²) in [7, 11) is 0. The average molecular weight is 452 g/mol. The summed E-state index contributed by atoms with van der Waals surface area (Å²) in [6, 6.07) is 39.8. The van der Waals surface area contributed by atoms with Crippen LogP contribution in [0.3, 0.4) is 0 Å². The number of anilines is 3. The Hall–Kier alpha value is -4.76. The van der Waals surface area contributed by atoms with E-state index in [1.807, 2.05) is 103 Å². The van der Waals surface area contributed by atoms with Crippen molar-refractivity contribution in [2.75, 3.05) is 4.90 Å². The van der Waals surface area contributed by atoms with Gasteiger partial charge in [-0.3, -0.25) is 9.59 Å². The maximum absolute atomic E-state index is 13.1. The minimum absolute atomic E-state index is 0.426. The van der Waals surface area contributed by atoms with E-state index in [1.54, 1.807) is 0 Å². The fraction of sp³-hybridized carbons (Fsp3) is 0. The van der Waals surface area contributed by atoms with Crippen molar-refractivity contribution in [1.29, 1.82) is 0 Å². The summed E-state index contributed by atoms with van der Waals surface area (Å²) in [6.45, 7) is 0. The minimum Gasteiger partial charge on any atom is -0.311 e. The fourth-order valence-corrected chi connectivity index (χ4v) is 4.65. The van der Waals surface area contributed by atoms with Crippen LogP contribution in [0.25, 0.3) is 22.4 Å². The predicted molar refractivity (Wildman–Crippen MR) is 142 cm³/mol. The Labute approximate surface area is 203 Å². The molecule has 0 radical (unpaired) electrons. The van der Waals surface area contributed by atoms with Crippen molar-refractivity contribution in [3.63, 3.8) is 0 Å². The zero-order valence-electron chi connectivity index (χ0n) is 18.9. The smallest absolute Gasteiger partial charge is 0.234 e. The summed E-state index contributed by atoms with van der Waals surface area (Å²) in [5, 5.41) is 2.00. The molecule has 35 heavy (non-hydrogen) atoms. The van der Waals surface area contributed by atoms with Crippen LogP contribution in [0.2, 0.25) is 0 Å². The number of nitrogens with zero attached hydrogens (tertiary/aromatic N) is 1. The first-order valence-electron chi connectivity index (χ1n) is 11.5. The topological polar surface area (TPSA) is 37.4 Å². The van der Waals surface area contributed by atoms with Crippen molar-refractivity contribution in [1.82, 2.24) is 0 Å². The minimum atomic E-state index is -0.469. The first kappa shape index (κ1) is 20.8. The van der Waals surface area contributed by atoms with Gasteiger partial charge in [-0.1, -0.05) is 72.8 Å². The molecule has 0 heterocycles. The van der Waals surface area contributed by atoms with E-state index >= 15 is 0 Å². The van der Waals surface area contributed by atoms with Crippen LogP contribution < -0.4 is 4.90 Å². The summed E-state index contributed by atoms with van der Waals surface area (Å²) >= 11 is 0. The normalized spacial score (nSPS) is 12.9. The van der Waals surface area contributed by atoms with Gasteiger partial charge in [-0.15, -0.1) is 0 Å². The lowest BCUT2D eigenvalue weighted by molar-refractivity contribution is -0.110. The summed E-state index contributed by atoms with van der Waals surface area (Å²) < 4.78 is 0. The monoisotopic (exact) mass is 451 g/mol. The van der Waals surface area contributed by atoms with Crippen LogP contribution in [0, 0.1) is 0 Å². The van der Waals surface area contributed by atoms with Gasteiger partial charge in [0, 0.05) is 28.2 Å². The summed E-state index contributed by atoms with van der Waals surface area (Å²) in [5.41, 5.74) is 5.44. The Morgan fingerprint density at radius 2 is 1.00 bits per heavy atom. The van der Waals surface area contributed by atoms with Gasteiger partial charge in [-0.2, -0.15) is 0 Å².